The number of nitrogens with zero attached hydrogens (tertiary/aromatic N) is 3. The molecule has 1 aromatic carbocycles. The van der Waals surface area contributed by atoms with Crippen molar-refractivity contribution in [3.63, 3.8) is 0 Å². The summed E-state index contributed by atoms with van der Waals surface area (Å²) in [6.45, 7) is 4.64. The summed E-state index contributed by atoms with van der Waals surface area (Å²) in [5.41, 5.74) is 14.8. The summed E-state index contributed by atoms with van der Waals surface area (Å²) >= 11 is 0. The van der Waals surface area contributed by atoms with Gasteiger partial charge in [-0.2, -0.15) is 5.10 Å². The average molecular weight is 411 g/mol. The molecule has 1 unspecified atom stereocenters. The van der Waals surface area contributed by atoms with Gasteiger partial charge in [-0.15, -0.1) is 0 Å². The van der Waals surface area contributed by atoms with E-state index in [1.165, 1.54) is 12.1 Å². The van der Waals surface area contributed by atoms with E-state index in [2.05, 4.69) is 11.7 Å². The molecule has 1 aliphatic heterocycles. The molecule has 2 heterocycles. The van der Waals surface area contributed by atoms with E-state index in [9.17, 15) is 14.0 Å². The molecule has 2 amide bonds. The molecule has 1 aromatic heterocycles. The molecule has 0 bridgehead atoms. The minimum atomic E-state index is -0.607. The monoisotopic (exact) mass is 411 g/mol. The third-order valence-electron chi connectivity index (χ3n) is 6.27. The van der Waals surface area contributed by atoms with Crippen LogP contribution < -0.4 is 11.5 Å². The van der Waals surface area contributed by atoms with E-state index in [-0.39, 0.29) is 35.1 Å². The third kappa shape index (κ3) is 3.58. The summed E-state index contributed by atoms with van der Waals surface area (Å²) in [7, 11) is 0. The second-order valence-electron chi connectivity index (χ2n) is 8.08. The number of carbonyl (C=O) groups is 2. The minimum Gasteiger partial charge on any atom is -0.383 e. The van der Waals surface area contributed by atoms with E-state index in [1.807, 2.05) is 0 Å². The molecule has 0 saturated carbocycles. The number of aryl methyl sites for hydroxylation is 1. The number of rotatable bonds is 5. The molecule has 1 fully saturated rings. The number of hydrogen-bond acceptors (Lipinski definition) is 4. The van der Waals surface area contributed by atoms with Gasteiger partial charge in [0.2, 0.25) is 5.91 Å². The van der Waals surface area contributed by atoms with Gasteiger partial charge in [0.1, 0.15) is 17.2 Å². The first kappa shape index (κ1) is 20.1. The van der Waals surface area contributed by atoms with Crippen molar-refractivity contribution in [2.75, 3.05) is 12.3 Å². The van der Waals surface area contributed by atoms with Crippen molar-refractivity contribution < 1.29 is 14.0 Å². The number of carbonyl (C=O) groups excluding carboxylic acids is 2. The van der Waals surface area contributed by atoms with Crippen molar-refractivity contribution in [2.45, 2.75) is 50.6 Å². The second-order valence-corrected chi connectivity index (χ2v) is 8.08. The number of halogens is 1. The van der Waals surface area contributed by atoms with Crippen LogP contribution in [0, 0.1) is 5.82 Å². The maximum absolute atomic E-state index is 13.5. The Bertz CT molecular complexity index is 1020. The smallest absolute Gasteiger partial charge is 0.254 e. The van der Waals surface area contributed by atoms with Gasteiger partial charge in [-0.25, -0.2) is 9.07 Å². The maximum Gasteiger partial charge on any atom is 0.254 e. The normalized spacial score (nSPS) is 20.8. The quantitative estimate of drug-likeness (QED) is 0.735. The number of nitrogens with two attached hydrogens (primary N) is 2. The van der Waals surface area contributed by atoms with E-state index in [4.69, 9.17) is 11.5 Å². The molecule has 0 spiro atoms. The summed E-state index contributed by atoms with van der Waals surface area (Å²) in [4.78, 5) is 26.1. The molecule has 158 valence electrons. The van der Waals surface area contributed by atoms with E-state index < -0.39 is 5.91 Å². The topological polar surface area (TPSA) is 107 Å². The Morgan fingerprint density at radius 3 is 2.83 bits per heavy atom. The predicted octanol–water partition coefficient (Wildman–Crippen LogP) is 2.15. The number of nitrogen functional groups attached to an aromatic ring is 1. The number of likely N-dealkylation sites (tertiary alicyclic amines) is 1. The maximum atomic E-state index is 13.5. The lowest BCUT2D eigenvalue weighted by atomic mass is 9.81. The van der Waals surface area contributed by atoms with Crippen molar-refractivity contribution in [1.82, 2.24) is 14.7 Å². The van der Waals surface area contributed by atoms with Crippen LogP contribution in [-0.2, 0) is 24.2 Å². The number of aromatic nitrogens is 2. The third-order valence-corrected chi connectivity index (χ3v) is 6.27. The van der Waals surface area contributed by atoms with Crippen LogP contribution in [0.15, 0.2) is 30.9 Å². The van der Waals surface area contributed by atoms with Crippen molar-refractivity contribution in [2.24, 2.45) is 5.73 Å². The minimum absolute atomic E-state index is 0.0245. The Labute approximate surface area is 174 Å². The van der Waals surface area contributed by atoms with Crippen molar-refractivity contribution >= 4 is 17.6 Å². The van der Waals surface area contributed by atoms with Crippen LogP contribution in [0.4, 0.5) is 10.2 Å². The molecule has 7 nitrogen and oxygen atoms in total. The zero-order valence-corrected chi connectivity index (χ0v) is 16.8. The lowest BCUT2D eigenvalue weighted by Gasteiger charge is -2.24. The summed E-state index contributed by atoms with van der Waals surface area (Å²) in [6, 6.07) is 4.76. The van der Waals surface area contributed by atoms with Crippen LogP contribution in [0.25, 0.3) is 0 Å². The lowest BCUT2D eigenvalue weighted by Crippen LogP contribution is -2.37. The van der Waals surface area contributed by atoms with Crippen molar-refractivity contribution in [3.05, 3.63) is 59.1 Å². The fraction of sp³-hybridized carbons (Fsp3) is 0.409. The molecule has 2 aromatic rings. The first-order chi connectivity index (χ1) is 14.4. The van der Waals surface area contributed by atoms with Crippen LogP contribution in [0.1, 0.15) is 52.4 Å². The number of benzene rings is 1. The molecule has 1 saturated heterocycles. The average Bonchev–Trinajstić information content (AvgIpc) is 3.32. The summed E-state index contributed by atoms with van der Waals surface area (Å²) in [5.74, 6) is -0.753. The Morgan fingerprint density at radius 1 is 1.30 bits per heavy atom. The molecule has 4 rings (SSSR count). The van der Waals surface area contributed by atoms with Gasteiger partial charge in [-0.05, 0) is 61.4 Å². The van der Waals surface area contributed by atoms with Gasteiger partial charge < -0.3 is 16.4 Å². The Hall–Kier alpha value is -3.16. The van der Waals surface area contributed by atoms with Gasteiger partial charge in [-0.1, -0.05) is 12.6 Å². The molecule has 8 heteroatoms. The highest BCUT2D eigenvalue weighted by atomic mass is 19.1. The van der Waals surface area contributed by atoms with E-state index in [1.54, 1.807) is 21.7 Å². The largest absolute Gasteiger partial charge is 0.383 e. The molecule has 2 atom stereocenters. The highest BCUT2D eigenvalue weighted by molar-refractivity contribution is 5.98. The summed E-state index contributed by atoms with van der Waals surface area (Å²) in [6.07, 6.45) is 5.13. The van der Waals surface area contributed by atoms with Gasteiger partial charge >= 0.3 is 0 Å². The first-order valence-electron chi connectivity index (χ1n) is 10.2. The number of primary amides is 1. The number of hydrogen-bond donors (Lipinski definition) is 2. The first-order valence-corrected chi connectivity index (χ1v) is 10.2. The number of fused-ring (bicyclic) bond motifs is 1. The molecule has 0 radical (unpaired) electrons. The molecule has 4 N–H and O–H groups in total. The van der Waals surface area contributed by atoms with Crippen LogP contribution in [0.5, 0.6) is 0 Å². The Morgan fingerprint density at radius 2 is 2.10 bits per heavy atom. The lowest BCUT2D eigenvalue weighted by molar-refractivity contribution is -0.127. The second kappa shape index (κ2) is 7.93. The zero-order valence-electron chi connectivity index (χ0n) is 16.8. The summed E-state index contributed by atoms with van der Waals surface area (Å²) < 4.78 is 15.1. The fourth-order valence-electron chi connectivity index (χ4n) is 4.76. The highest BCUT2D eigenvalue weighted by Crippen LogP contribution is 2.36. The predicted molar refractivity (Wildman–Crippen MR) is 111 cm³/mol. The van der Waals surface area contributed by atoms with Crippen molar-refractivity contribution in [3.8, 4) is 0 Å². The van der Waals surface area contributed by atoms with Crippen LogP contribution in [0.3, 0.4) is 0 Å². The fourth-order valence-corrected chi connectivity index (χ4v) is 4.76. The molecule has 2 aliphatic rings. The zero-order chi connectivity index (χ0) is 21.4. The number of amides is 2. The van der Waals surface area contributed by atoms with Crippen LogP contribution >= 0.6 is 0 Å². The molecule has 1 aliphatic carbocycles. The molecular formula is C22H26FN5O2. The van der Waals surface area contributed by atoms with Crippen molar-refractivity contribution in [1.29, 1.82) is 0 Å². The summed E-state index contributed by atoms with van der Waals surface area (Å²) in [5, 5.41) is 4.68. The van der Waals surface area contributed by atoms with E-state index in [0.717, 1.165) is 30.4 Å². The standard InChI is InChI=1S/C22H26FN5O2/c1-2-18(29)27-9-3-4-17(27)12-28-21(24)19(22(25)30)20(26-28)15-6-5-14-11-16(23)8-7-13(14)10-15/h2,7-8,11,15,17H,1,3-6,9-10,12,24H2,(H2,25,30)/t15?,17-/m0/s1. The van der Waals surface area contributed by atoms with Crippen LogP contribution in [0.2, 0.25) is 0 Å². The van der Waals surface area contributed by atoms with Gasteiger partial charge in [0.25, 0.3) is 5.91 Å². The highest BCUT2D eigenvalue weighted by Gasteiger charge is 2.32. The number of anilines is 1. The SMILES string of the molecule is C=CC(=O)N1CCC[C@H]1Cn1nc(C2CCc3cc(F)ccc3C2)c(C(N)=O)c1N. The van der Waals surface area contributed by atoms with Gasteiger partial charge in [0.15, 0.2) is 0 Å². The van der Waals surface area contributed by atoms with E-state index >= 15 is 0 Å². The molecular weight excluding hydrogens is 385 g/mol. The van der Waals surface area contributed by atoms with E-state index in [0.29, 0.717) is 31.6 Å². The molecule has 30 heavy (non-hydrogen) atoms. The Kier molecular flexibility index (Phi) is 5.32. The van der Waals surface area contributed by atoms with Gasteiger partial charge in [-0.3, -0.25) is 9.59 Å². The van der Waals surface area contributed by atoms with Gasteiger partial charge in [0, 0.05) is 12.5 Å². The van der Waals surface area contributed by atoms with Gasteiger partial charge in [0.05, 0.1) is 18.3 Å². The van der Waals surface area contributed by atoms with Crippen LogP contribution in [-0.4, -0.2) is 39.1 Å². The Balaban J connectivity index is 1.63.